The van der Waals surface area contributed by atoms with E-state index < -0.39 is 15.8 Å². The molecule has 0 radical (unpaired) electrons. The average Bonchev–Trinajstić information content (AvgIpc) is 2.63. The number of anilines is 1. The number of amides is 1. The summed E-state index contributed by atoms with van der Waals surface area (Å²) in [6, 6.07) is 12.1. The Bertz CT molecular complexity index is 876. The molecule has 7 heteroatoms. The lowest BCUT2D eigenvalue weighted by Crippen LogP contribution is -2.36. The Morgan fingerprint density at radius 1 is 1.04 bits per heavy atom. The number of nitrogens with one attached hydrogen (secondary N) is 1. The summed E-state index contributed by atoms with van der Waals surface area (Å²) in [5.74, 6) is -0.874. The van der Waals surface area contributed by atoms with Crippen LogP contribution < -0.4 is 5.32 Å². The van der Waals surface area contributed by atoms with Gasteiger partial charge in [-0.1, -0.05) is 24.6 Å². The smallest absolute Gasteiger partial charge is 0.255 e. The van der Waals surface area contributed by atoms with Gasteiger partial charge < -0.3 is 5.32 Å². The van der Waals surface area contributed by atoms with Crippen molar-refractivity contribution in [2.24, 2.45) is 0 Å². The molecule has 26 heavy (non-hydrogen) atoms. The third kappa shape index (κ3) is 4.68. The first-order chi connectivity index (χ1) is 12.4. The number of piperidine rings is 1. The first-order valence-electron chi connectivity index (χ1n) is 8.58. The standard InChI is InChI=1S/C19H21FN2O3S/c20-17-5-4-6-18(13-17)21-19(23)16-9-7-15(8-10-16)14-26(24,25)22-11-2-1-3-12-22/h4-10,13H,1-3,11-12,14H2,(H,21,23). The maximum absolute atomic E-state index is 13.2. The van der Waals surface area contributed by atoms with E-state index >= 15 is 0 Å². The quantitative estimate of drug-likeness (QED) is 0.870. The van der Waals surface area contributed by atoms with Crippen molar-refractivity contribution >= 4 is 21.6 Å². The lowest BCUT2D eigenvalue weighted by molar-refractivity contribution is 0.102. The zero-order chi connectivity index (χ0) is 18.6. The van der Waals surface area contributed by atoms with E-state index in [1.165, 1.54) is 18.2 Å². The summed E-state index contributed by atoms with van der Waals surface area (Å²) < 4.78 is 39.6. The van der Waals surface area contributed by atoms with Crippen LogP contribution in [0.5, 0.6) is 0 Å². The van der Waals surface area contributed by atoms with Crippen molar-refractivity contribution in [3.8, 4) is 0 Å². The molecule has 0 spiro atoms. The van der Waals surface area contributed by atoms with E-state index in [9.17, 15) is 17.6 Å². The first-order valence-corrected chi connectivity index (χ1v) is 10.2. The fraction of sp³-hybridized carbons (Fsp3) is 0.316. The lowest BCUT2D eigenvalue weighted by atomic mass is 10.1. The second-order valence-electron chi connectivity index (χ2n) is 6.38. The summed E-state index contributed by atoms with van der Waals surface area (Å²) in [6.07, 6.45) is 2.87. The molecule has 5 nitrogen and oxygen atoms in total. The van der Waals surface area contributed by atoms with Crippen LogP contribution in [-0.2, 0) is 15.8 Å². The van der Waals surface area contributed by atoms with E-state index in [2.05, 4.69) is 5.32 Å². The highest BCUT2D eigenvalue weighted by Crippen LogP contribution is 2.18. The molecule has 1 aliphatic rings. The summed E-state index contributed by atoms with van der Waals surface area (Å²) in [4.78, 5) is 12.2. The molecule has 0 unspecified atom stereocenters. The predicted molar refractivity (Wildman–Crippen MR) is 98.8 cm³/mol. The molecule has 3 rings (SSSR count). The number of hydrogen-bond acceptors (Lipinski definition) is 3. The van der Waals surface area contributed by atoms with Gasteiger partial charge in [-0.3, -0.25) is 4.79 Å². The van der Waals surface area contributed by atoms with Gasteiger partial charge in [-0.25, -0.2) is 17.1 Å². The number of carbonyl (C=O) groups excluding carboxylic acids is 1. The number of sulfonamides is 1. The number of nitrogens with zero attached hydrogens (tertiary/aromatic N) is 1. The number of carbonyl (C=O) groups is 1. The van der Waals surface area contributed by atoms with E-state index in [4.69, 9.17) is 0 Å². The Morgan fingerprint density at radius 3 is 2.38 bits per heavy atom. The zero-order valence-corrected chi connectivity index (χ0v) is 15.1. The number of halogens is 1. The summed E-state index contributed by atoms with van der Waals surface area (Å²) in [5, 5.41) is 2.61. The van der Waals surface area contributed by atoms with Gasteiger partial charge in [-0.05, 0) is 48.7 Å². The highest BCUT2D eigenvalue weighted by Gasteiger charge is 2.24. The van der Waals surface area contributed by atoms with Gasteiger partial charge in [0.15, 0.2) is 0 Å². The molecule has 1 fully saturated rings. The van der Waals surface area contributed by atoms with Crippen molar-refractivity contribution in [1.82, 2.24) is 4.31 Å². The summed E-state index contributed by atoms with van der Waals surface area (Å²) >= 11 is 0. The van der Waals surface area contributed by atoms with E-state index in [0.717, 1.165) is 19.3 Å². The van der Waals surface area contributed by atoms with Crippen LogP contribution in [0.1, 0.15) is 35.2 Å². The van der Waals surface area contributed by atoms with Crippen LogP contribution in [0.15, 0.2) is 48.5 Å². The van der Waals surface area contributed by atoms with Gasteiger partial charge in [0.05, 0.1) is 5.75 Å². The van der Waals surface area contributed by atoms with Crippen LogP contribution in [0.3, 0.4) is 0 Å². The Hall–Kier alpha value is -2.25. The summed E-state index contributed by atoms with van der Waals surface area (Å²) in [5.41, 5.74) is 1.39. The minimum absolute atomic E-state index is 0.0706. The molecule has 2 aromatic carbocycles. The molecule has 1 N–H and O–H groups in total. The fourth-order valence-electron chi connectivity index (χ4n) is 2.97. The fourth-order valence-corrected chi connectivity index (χ4v) is 4.58. The normalized spacial score (nSPS) is 15.6. The van der Waals surface area contributed by atoms with Gasteiger partial charge in [-0.15, -0.1) is 0 Å². The average molecular weight is 376 g/mol. The number of benzene rings is 2. The molecule has 1 saturated heterocycles. The Balaban J connectivity index is 1.65. The topological polar surface area (TPSA) is 66.5 Å². The SMILES string of the molecule is O=C(Nc1cccc(F)c1)c1ccc(CS(=O)(=O)N2CCCCC2)cc1. The molecular formula is C19H21FN2O3S. The highest BCUT2D eigenvalue weighted by atomic mass is 32.2. The van der Waals surface area contributed by atoms with Crippen molar-refractivity contribution in [2.45, 2.75) is 25.0 Å². The second kappa shape index (κ2) is 7.97. The monoisotopic (exact) mass is 376 g/mol. The van der Waals surface area contributed by atoms with Crippen LogP contribution in [0, 0.1) is 5.82 Å². The van der Waals surface area contributed by atoms with Crippen LogP contribution in [0.25, 0.3) is 0 Å². The van der Waals surface area contributed by atoms with Crippen LogP contribution in [0.4, 0.5) is 10.1 Å². The molecule has 0 aromatic heterocycles. The van der Waals surface area contributed by atoms with Crippen molar-refractivity contribution in [3.63, 3.8) is 0 Å². The first kappa shape index (κ1) is 18.5. The van der Waals surface area contributed by atoms with Gasteiger partial charge in [0.1, 0.15) is 5.82 Å². The van der Waals surface area contributed by atoms with Crippen molar-refractivity contribution in [3.05, 3.63) is 65.5 Å². The Labute approximate surface area is 152 Å². The van der Waals surface area contributed by atoms with Gasteiger partial charge in [0.25, 0.3) is 5.91 Å². The maximum atomic E-state index is 13.2. The van der Waals surface area contributed by atoms with Gasteiger partial charge in [0, 0.05) is 24.3 Å². The zero-order valence-electron chi connectivity index (χ0n) is 14.3. The summed E-state index contributed by atoms with van der Waals surface area (Å²) in [6.45, 7) is 1.16. The van der Waals surface area contributed by atoms with E-state index in [-0.39, 0.29) is 11.7 Å². The maximum Gasteiger partial charge on any atom is 0.255 e. The molecule has 138 valence electrons. The van der Waals surface area contributed by atoms with E-state index in [0.29, 0.717) is 29.9 Å². The van der Waals surface area contributed by atoms with Crippen LogP contribution in [0.2, 0.25) is 0 Å². The molecule has 1 amide bonds. The molecule has 0 saturated carbocycles. The van der Waals surface area contributed by atoms with Crippen molar-refractivity contribution in [1.29, 1.82) is 0 Å². The Morgan fingerprint density at radius 2 is 1.73 bits per heavy atom. The molecule has 0 aliphatic carbocycles. The van der Waals surface area contributed by atoms with Gasteiger partial charge in [0.2, 0.25) is 10.0 Å². The van der Waals surface area contributed by atoms with E-state index in [1.54, 1.807) is 34.6 Å². The van der Waals surface area contributed by atoms with Crippen LogP contribution in [-0.4, -0.2) is 31.7 Å². The van der Waals surface area contributed by atoms with Crippen molar-refractivity contribution < 1.29 is 17.6 Å². The highest BCUT2D eigenvalue weighted by molar-refractivity contribution is 7.88. The third-order valence-electron chi connectivity index (χ3n) is 4.36. The van der Waals surface area contributed by atoms with Gasteiger partial charge >= 0.3 is 0 Å². The largest absolute Gasteiger partial charge is 0.322 e. The third-order valence-corrected chi connectivity index (χ3v) is 6.21. The molecule has 0 bridgehead atoms. The molecule has 1 heterocycles. The number of rotatable bonds is 5. The summed E-state index contributed by atoms with van der Waals surface area (Å²) in [7, 11) is -3.33. The molecular weight excluding hydrogens is 355 g/mol. The number of hydrogen-bond donors (Lipinski definition) is 1. The van der Waals surface area contributed by atoms with Gasteiger partial charge in [-0.2, -0.15) is 0 Å². The van der Waals surface area contributed by atoms with E-state index in [1.807, 2.05) is 0 Å². The minimum Gasteiger partial charge on any atom is -0.322 e. The van der Waals surface area contributed by atoms with Crippen molar-refractivity contribution in [2.75, 3.05) is 18.4 Å². The minimum atomic E-state index is -3.33. The second-order valence-corrected chi connectivity index (χ2v) is 8.35. The molecule has 0 atom stereocenters. The lowest BCUT2D eigenvalue weighted by Gasteiger charge is -2.25. The van der Waals surface area contributed by atoms with Crippen LogP contribution >= 0.6 is 0 Å². The molecule has 2 aromatic rings. The Kier molecular flexibility index (Phi) is 5.68. The molecule has 1 aliphatic heterocycles. The predicted octanol–water partition coefficient (Wildman–Crippen LogP) is 3.39.